The Morgan fingerprint density at radius 1 is 1.33 bits per heavy atom. The highest BCUT2D eigenvalue weighted by Gasteiger charge is 2.08. The largest absolute Gasteiger partial charge is 0.497 e. The van der Waals surface area contributed by atoms with E-state index < -0.39 is 6.08 Å². The SMILES string of the molecule is CCCC(=C(F)F)c1cccc(OC)c1. The van der Waals surface area contributed by atoms with E-state index in [0.717, 1.165) is 0 Å². The summed E-state index contributed by atoms with van der Waals surface area (Å²) in [6.45, 7) is 1.88. The van der Waals surface area contributed by atoms with E-state index in [-0.39, 0.29) is 5.57 Å². The lowest BCUT2D eigenvalue weighted by molar-refractivity contribution is 0.414. The molecule has 0 N–H and O–H groups in total. The van der Waals surface area contributed by atoms with Crippen LogP contribution in [0.4, 0.5) is 8.78 Å². The quantitative estimate of drug-likeness (QED) is 0.730. The van der Waals surface area contributed by atoms with Crippen molar-refractivity contribution in [3.05, 3.63) is 35.9 Å². The van der Waals surface area contributed by atoms with Crippen LogP contribution in [0, 0.1) is 0 Å². The second-order valence-corrected chi connectivity index (χ2v) is 3.22. The summed E-state index contributed by atoms with van der Waals surface area (Å²) in [7, 11) is 1.52. The first-order valence-electron chi connectivity index (χ1n) is 4.87. The van der Waals surface area contributed by atoms with Crippen LogP contribution in [0.3, 0.4) is 0 Å². The highest BCUT2D eigenvalue weighted by atomic mass is 19.3. The van der Waals surface area contributed by atoms with E-state index in [0.29, 0.717) is 24.2 Å². The third-order valence-electron chi connectivity index (χ3n) is 2.15. The number of hydrogen-bond donors (Lipinski definition) is 0. The summed E-state index contributed by atoms with van der Waals surface area (Å²) in [5.41, 5.74) is 0.646. The number of allylic oxidation sites excluding steroid dienone is 1. The van der Waals surface area contributed by atoms with E-state index in [2.05, 4.69) is 0 Å². The molecular weight excluding hydrogens is 198 g/mol. The molecule has 0 aliphatic heterocycles. The van der Waals surface area contributed by atoms with Crippen molar-refractivity contribution in [2.24, 2.45) is 0 Å². The maximum absolute atomic E-state index is 12.6. The van der Waals surface area contributed by atoms with Crippen molar-refractivity contribution in [1.29, 1.82) is 0 Å². The van der Waals surface area contributed by atoms with Gasteiger partial charge in [-0.05, 0) is 24.1 Å². The summed E-state index contributed by atoms with van der Waals surface area (Å²) in [6.07, 6.45) is -0.524. The van der Waals surface area contributed by atoms with Gasteiger partial charge in [0.25, 0.3) is 6.08 Å². The number of rotatable bonds is 4. The Balaban J connectivity index is 3.07. The molecule has 0 heterocycles. The highest BCUT2D eigenvalue weighted by molar-refractivity contribution is 5.67. The first-order valence-corrected chi connectivity index (χ1v) is 4.87. The number of halogens is 2. The molecule has 0 unspecified atom stereocenters. The molecule has 0 atom stereocenters. The van der Waals surface area contributed by atoms with Gasteiger partial charge in [-0.2, -0.15) is 8.78 Å². The minimum Gasteiger partial charge on any atom is -0.497 e. The van der Waals surface area contributed by atoms with Gasteiger partial charge >= 0.3 is 0 Å². The molecule has 0 amide bonds. The van der Waals surface area contributed by atoms with E-state index in [1.807, 2.05) is 6.92 Å². The van der Waals surface area contributed by atoms with Gasteiger partial charge in [-0.25, -0.2) is 0 Å². The zero-order valence-corrected chi connectivity index (χ0v) is 8.89. The topological polar surface area (TPSA) is 9.23 Å². The van der Waals surface area contributed by atoms with Crippen molar-refractivity contribution in [3.63, 3.8) is 0 Å². The fourth-order valence-corrected chi connectivity index (χ4v) is 1.41. The summed E-state index contributed by atoms with van der Waals surface area (Å²) in [4.78, 5) is 0. The molecule has 0 radical (unpaired) electrons. The summed E-state index contributed by atoms with van der Waals surface area (Å²) >= 11 is 0. The summed E-state index contributed by atoms with van der Waals surface area (Å²) in [5.74, 6) is 0.599. The van der Waals surface area contributed by atoms with Gasteiger partial charge in [0, 0.05) is 5.57 Å². The van der Waals surface area contributed by atoms with Gasteiger partial charge in [0.15, 0.2) is 0 Å². The Labute approximate surface area is 88.4 Å². The van der Waals surface area contributed by atoms with Gasteiger partial charge in [-0.1, -0.05) is 25.5 Å². The summed E-state index contributed by atoms with van der Waals surface area (Å²) in [6, 6.07) is 6.76. The van der Waals surface area contributed by atoms with Crippen molar-refractivity contribution in [1.82, 2.24) is 0 Å². The zero-order valence-electron chi connectivity index (χ0n) is 8.89. The van der Waals surface area contributed by atoms with Crippen LogP contribution in [0.25, 0.3) is 5.57 Å². The normalized spacial score (nSPS) is 9.87. The van der Waals surface area contributed by atoms with Crippen LogP contribution in [0.15, 0.2) is 30.3 Å². The number of methoxy groups -OCH3 is 1. The Hall–Kier alpha value is -1.38. The Bertz CT molecular complexity index is 354. The highest BCUT2D eigenvalue weighted by Crippen LogP contribution is 2.27. The van der Waals surface area contributed by atoms with Crippen LogP contribution in [-0.4, -0.2) is 7.11 Å². The fourth-order valence-electron chi connectivity index (χ4n) is 1.41. The predicted octanol–water partition coefficient (Wildman–Crippen LogP) is 4.10. The number of benzene rings is 1. The molecule has 3 heteroatoms. The summed E-state index contributed by atoms with van der Waals surface area (Å²) < 4.78 is 30.3. The van der Waals surface area contributed by atoms with E-state index in [1.54, 1.807) is 24.3 Å². The van der Waals surface area contributed by atoms with Gasteiger partial charge in [-0.15, -0.1) is 0 Å². The molecule has 15 heavy (non-hydrogen) atoms. The molecule has 1 aromatic carbocycles. The monoisotopic (exact) mass is 212 g/mol. The standard InChI is InChI=1S/C12H14F2O/c1-3-5-11(12(13)14)9-6-4-7-10(8-9)15-2/h4,6-8H,3,5H2,1-2H3. The van der Waals surface area contributed by atoms with Crippen LogP contribution in [-0.2, 0) is 0 Å². The lowest BCUT2D eigenvalue weighted by Gasteiger charge is -2.07. The smallest absolute Gasteiger partial charge is 0.274 e. The van der Waals surface area contributed by atoms with Gasteiger partial charge in [0.1, 0.15) is 5.75 Å². The Morgan fingerprint density at radius 3 is 2.60 bits per heavy atom. The van der Waals surface area contributed by atoms with Crippen LogP contribution in [0.1, 0.15) is 25.3 Å². The van der Waals surface area contributed by atoms with E-state index >= 15 is 0 Å². The van der Waals surface area contributed by atoms with Crippen molar-refractivity contribution in [3.8, 4) is 5.75 Å². The average Bonchev–Trinajstić information content (AvgIpc) is 2.25. The minimum atomic E-state index is -1.61. The molecule has 1 aromatic rings. The van der Waals surface area contributed by atoms with E-state index in [9.17, 15) is 8.78 Å². The molecular formula is C12H14F2O. The van der Waals surface area contributed by atoms with Crippen LogP contribution >= 0.6 is 0 Å². The summed E-state index contributed by atoms with van der Waals surface area (Å²) in [5, 5.41) is 0. The van der Waals surface area contributed by atoms with Crippen molar-refractivity contribution in [2.45, 2.75) is 19.8 Å². The predicted molar refractivity (Wildman–Crippen MR) is 57.0 cm³/mol. The third kappa shape index (κ3) is 3.05. The minimum absolute atomic E-state index is 0.108. The van der Waals surface area contributed by atoms with E-state index in [4.69, 9.17) is 4.74 Å². The first-order chi connectivity index (χ1) is 7.19. The van der Waals surface area contributed by atoms with Gasteiger partial charge < -0.3 is 4.74 Å². The molecule has 1 nitrogen and oxygen atoms in total. The maximum atomic E-state index is 12.6. The van der Waals surface area contributed by atoms with Crippen LogP contribution in [0.2, 0.25) is 0 Å². The van der Waals surface area contributed by atoms with Crippen molar-refractivity contribution < 1.29 is 13.5 Å². The van der Waals surface area contributed by atoms with Gasteiger partial charge in [0.2, 0.25) is 0 Å². The number of hydrogen-bond acceptors (Lipinski definition) is 1. The van der Waals surface area contributed by atoms with Gasteiger partial charge in [-0.3, -0.25) is 0 Å². The second kappa shape index (κ2) is 5.49. The Morgan fingerprint density at radius 2 is 2.07 bits per heavy atom. The van der Waals surface area contributed by atoms with Crippen molar-refractivity contribution in [2.75, 3.05) is 7.11 Å². The Kier molecular flexibility index (Phi) is 4.28. The van der Waals surface area contributed by atoms with Crippen molar-refractivity contribution >= 4 is 5.57 Å². The first kappa shape index (κ1) is 11.7. The molecule has 0 bridgehead atoms. The second-order valence-electron chi connectivity index (χ2n) is 3.22. The molecule has 0 aliphatic carbocycles. The maximum Gasteiger partial charge on any atom is 0.274 e. The average molecular weight is 212 g/mol. The van der Waals surface area contributed by atoms with Crippen LogP contribution in [0.5, 0.6) is 5.75 Å². The lowest BCUT2D eigenvalue weighted by Crippen LogP contribution is -1.88. The third-order valence-corrected chi connectivity index (χ3v) is 2.15. The fraction of sp³-hybridized carbons (Fsp3) is 0.333. The molecule has 82 valence electrons. The molecule has 1 rings (SSSR count). The molecule has 0 aromatic heterocycles. The molecule has 0 spiro atoms. The van der Waals surface area contributed by atoms with Crippen LogP contribution < -0.4 is 4.74 Å². The molecule has 0 saturated carbocycles. The molecule has 0 aliphatic rings. The molecule has 0 saturated heterocycles. The lowest BCUT2D eigenvalue weighted by atomic mass is 10.0. The van der Waals surface area contributed by atoms with E-state index in [1.165, 1.54) is 7.11 Å². The van der Waals surface area contributed by atoms with Gasteiger partial charge in [0.05, 0.1) is 7.11 Å². The zero-order chi connectivity index (χ0) is 11.3. The molecule has 0 fully saturated rings. The number of ether oxygens (including phenoxy) is 1.